The van der Waals surface area contributed by atoms with Crippen molar-refractivity contribution in [2.45, 2.75) is 29.7 Å². The first-order valence-corrected chi connectivity index (χ1v) is 7.44. The fourth-order valence-electron chi connectivity index (χ4n) is 1.83. The van der Waals surface area contributed by atoms with Crippen molar-refractivity contribution in [1.29, 1.82) is 0 Å². The summed E-state index contributed by atoms with van der Waals surface area (Å²) in [5.41, 5.74) is 0.853. The van der Waals surface area contributed by atoms with E-state index in [9.17, 15) is 8.78 Å². The molecule has 2 aromatic carbocycles. The molecule has 0 fully saturated rings. The highest BCUT2D eigenvalue weighted by Crippen LogP contribution is 2.32. The van der Waals surface area contributed by atoms with E-state index in [4.69, 9.17) is 0 Å². The third-order valence-corrected chi connectivity index (χ3v) is 3.99. The van der Waals surface area contributed by atoms with Gasteiger partial charge in [0.25, 0.3) is 0 Å². The molecule has 0 aliphatic heterocycles. The Kier molecular flexibility index (Phi) is 5.56. The predicted octanol–water partition coefficient (Wildman–Crippen LogP) is 4.62. The molecule has 0 radical (unpaired) electrons. The van der Waals surface area contributed by atoms with Gasteiger partial charge in [0.1, 0.15) is 11.6 Å². The predicted molar refractivity (Wildman–Crippen MR) is 78.9 cm³/mol. The zero-order valence-electron chi connectivity index (χ0n) is 11.3. The maximum absolute atomic E-state index is 13.7. The summed E-state index contributed by atoms with van der Waals surface area (Å²) in [4.78, 5) is 1.43. The molecule has 0 aliphatic carbocycles. The molecule has 2 aromatic rings. The largest absolute Gasteiger partial charge is 0.313 e. The molecule has 0 atom stereocenters. The van der Waals surface area contributed by atoms with Gasteiger partial charge in [0.05, 0.1) is 0 Å². The average Bonchev–Trinajstić information content (AvgIpc) is 2.44. The zero-order chi connectivity index (χ0) is 14.4. The van der Waals surface area contributed by atoms with Crippen LogP contribution in [0.2, 0.25) is 0 Å². The monoisotopic (exact) mass is 293 g/mol. The van der Waals surface area contributed by atoms with Gasteiger partial charge in [-0.05, 0) is 48.9 Å². The van der Waals surface area contributed by atoms with E-state index in [1.165, 1.54) is 30.0 Å². The molecule has 106 valence electrons. The summed E-state index contributed by atoms with van der Waals surface area (Å²) in [5, 5.41) is 3.25. The number of benzene rings is 2. The molecule has 0 aromatic heterocycles. The Morgan fingerprint density at radius 2 is 1.85 bits per heavy atom. The Labute approximate surface area is 122 Å². The highest BCUT2D eigenvalue weighted by molar-refractivity contribution is 7.99. The van der Waals surface area contributed by atoms with Gasteiger partial charge in [-0.25, -0.2) is 8.78 Å². The van der Waals surface area contributed by atoms with Gasteiger partial charge in [-0.2, -0.15) is 0 Å². The van der Waals surface area contributed by atoms with Gasteiger partial charge in [-0.3, -0.25) is 0 Å². The van der Waals surface area contributed by atoms with Crippen molar-refractivity contribution in [3.05, 3.63) is 59.7 Å². The maximum Gasteiger partial charge on any atom is 0.137 e. The van der Waals surface area contributed by atoms with Crippen LogP contribution >= 0.6 is 11.8 Å². The van der Waals surface area contributed by atoms with Crippen LogP contribution in [0.5, 0.6) is 0 Å². The summed E-state index contributed by atoms with van der Waals surface area (Å²) in [6.45, 7) is 3.54. The van der Waals surface area contributed by atoms with Crippen LogP contribution in [0.25, 0.3) is 0 Å². The van der Waals surface area contributed by atoms with Crippen molar-refractivity contribution in [1.82, 2.24) is 5.32 Å². The van der Waals surface area contributed by atoms with E-state index < -0.39 is 0 Å². The van der Waals surface area contributed by atoms with Crippen LogP contribution in [0.4, 0.5) is 8.78 Å². The van der Waals surface area contributed by atoms with E-state index in [0.29, 0.717) is 11.4 Å². The van der Waals surface area contributed by atoms with Crippen LogP contribution < -0.4 is 5.32 Å². The Hall–Kier alpha value is -1.39. The summed E-state index contributed by atoms with van der Waals surface area (Å²) in [7, 11) is 0. The van der Waals surface area contributed by atoms with Gasteiger partial charge in [-0.15, -0.1) is 0 Å². The summed E-state index contributed by atoms with van der Waals surface area (Å²) in [6.07, 6.45) is 1.02. The van der Waals surface area contributed by atoms with Gasteiger partial charge >= 0.3 is 0 Å². The lowest BCUT2D eigenvalue weighted by Gasteiger charge is -2.11. The molecule has 0 unspecified atom stereocenters. The van der Waals surface area contributed by atoms with E-state index >= 15 is 0 Å². The van der Waals surface area contributed by atoms with Crippen molar-refractivity contribution < 1.29 is 8.78 Å². The molecule has 0 aliphatic rings. The minimum atomic E-state index is -0.267. The third kappa shape index (κ3) is 4.05. The summed E-state index contributed by atoms with van der Waals surface area (Å²) < 4.78 is 27.0. The fourth-order valence-corrected chi connectivity index (χ4v) is 2.78. The molecule has 2 rings (SSSR count). The van der Waals surface area contributed by atoms with Crippen LogP contribution in [-0.4, -0.2) is 6.54 Å². The van der Waals surface area contributed by atoms with Crippen molar-refractivity contribution >= 4 is 11.8 Å². The minimum absolute atomic E-state index is 0.255. The van der Waals surface area contributed by atoms with E-state index in [-0.39, 0.29) is 11.6 Å². The summed E-state index contributed by atoms with van der Waals surface area (Å²) >= 11 is 1.33. The topological polar surface area (TPSA) is 12.0 Å². The fraction of sp³-hybridized carbons (Fsp3) is 0.250. The Morgan fingerprint density at radius 1 is 1.05 bits per heavy atom. The van der Waals surface area contributed by atoms with Gasteiger partial charge in [0.15, 0.2) is 0 Å². The first kappa shape index (κ1) is 15.0. The normalized spacial score (nSPS) is 10.8. The third-order valence-electron chi connectivity index (χ3n) is 2.82. The van der Waals surface area contributed by atoms with Crippen LogP contribution in [0.3, 0.4) is 0 Å². The Morgan fingerprint density at radius 3 is 2.60 bits per heavy atom. The first-order valence-electron chi connectivity index (χ1n) is 6.62. The second-order valence-corrected chi connectivity index (χ2v) is 5.55. The van der Waals surface area contributed by atoms with Crippen LogP contribution in [0, 0.1) is 11.6 Å². The van der Waals surface area contributed by atoms with Gasteiger partial charge in [0.2, 0.25) is 0 Å². The molecule has 0 spiro atoms. The molecule has 1 N–H and O–H groups in total. The molecule has 0 saturated heterocycles. The van der Waals surface area contributed by atoms with Crippen LogP contribution in [0.1, 0.15) is 18.9 Å². The van der Waals surface area contributed by atoms with Gasteiger partial charge in [0, 0.05) is 16.3 Å². The minimum Gasteiger partial charge on any atom is -0.313 e. The Balaban J connectivity index is 2.20. The van der Waals surface area contributed by atoms with Crippen molar-refractivity contribution in [2.24, 2.45) is 0 Å². The average molecular weight is 293 g/mol. The molecule has 1 nitrogen and oxygen atoms in total. The van der Waals surface area contributed by atoms with E-state index in [1.54, 1.807) is 24.3 Å². The molecular weight excluding hydrogens is 276 g/mol. The highest BCUT2D eigenvalue weighted by Gasteiger charge is 2.08. The summed E-state index contributed by atoms with van der Waals surface area (Å²) in [5.74, 6) is -0.523. The number of hydrogen-bond donors (Lipinski definition) is 1. The molecule has 0 saturated carbocycles. The second-order valence-electron chi connectivity index (χ2n) is 4.46. The lowest BCUT2D eigenvalue weighted by atomic mass is 10.2. The Bertz CT molecular complexity index is 572. The van der Waals surface area contributed by atoms with Crippen molar-refractivity contribution in [3.63, 3.8) is 0 Å². The SMILES string of the molecule is CCCNCc1cc(F)ccc1Sc1ccccc1F. The van der Waals surface area contributed by atoms with E-state index in [2.05, 4.69) is 12.2 Å². The number of hydrogen-bond acceptors (Lipinski definition) is 2. The van der Waals surface area contributed by atoms with Crippen LogP contribution in [0.15, 0.2) is 52.3 Å². The molecule has 0 bridgehead atoms. The molecule has 0 heterocycles. The smallest absolute Gasteiger partial charge is 0.137 e. The lowest BCUT2D eigenvalue weighted by Crippen LogP contribution is -2.14. The number of halogens is 2. The maximum atomic E-state index is 13.7. The molecule has 4 heteroatoms. The zero-order valence-corrected chi connectivity index (χ0v) is 12.1. The number of nitrogens with one attached hydrogen (secondary N) is 1. The molecular formula is C16H17F2NS. The van der Waals surface area contributed by atoms with Gasteiger partial charge in [-0.1, -0.05) is 30.8 Å². The quantitative estimate of drug-likeness (QED) is 0.780. The standard InChI is InChI=1S/C16H17F2NS/c1-2-9-19-11-12-10-13(17)7-8-15(12)20-16-6-4-3-5-14(16)18/h3-8,10,19H,2,9,11H2,1H3. The lowest BCUT2D eigenvalue weighted by molar-refractivity contribution is 0.601. The van der Waals surface area contributed by atoms with E-state index in [0.717, 1.165) is 23.4 Å². The first-order chi connectivity index (χ1) is 9.70. The van der Waals surface area contributed by atoms with Crippen LogP contribution in [-0.2, 0) is 6.54 Å². The van der Waals surface area contributed by atoms with E-state index in [1.807, 2.05) is 0 Å². The molecule has 0 amide bonds. The summed E-state index contributed by atoms with van der Waals surface area (Å²) in [6, 6.07) is 11.2. The number of rotatable bonds is 6. The highest BCUT2D eigenvalue weighted by atomic mass is 32.2. The molecule has 20 heavy (non-hydrogen) atoms. The van der Waals surface area contributed by atoms with Crippen molar-refractivity contribution in [3.8, 4) is 0 Å². The van der Waals surface area contributed by atoms with Crippen molar-refractivity contribution in [2.75, 3.05) is 6.54 Å². The second kappa shape index (κ2) is 7.41. The van der Waals surface area contributed by atoms with Gasteiger partial charge < -0.3 is 5.32 Å².